The van der Waals surface area contributed by atoms with E-state index in [4.69, 9.17) is 4.74 Å². The van der Waals surface area contributed by atoms with Gasteiger partial charge in [0.1, 0.15) is 5.75 Å². The Labute approximate surface area is 172 Å². The number of sulfonamides is 1. The summed E-state index contributed by atoms with van der Waals surface area (Å²) in [6.07, 6.45) is 4.32. The number of benzene rings is 1. The van der Waals surface area contributed by atoms with Crippen molar-refractivity contribution in [2.45, 2.75) is 50.7 Å². The van der Waals surface area contributed by atoms with Gasteiger partial charge in [-0.2, -0.15) is 4.31 Å². The number of ether oxygens (including phenoxy) is 1. The lowest BCUT2D eigenvalue weighted by Gasteiger charge is -2.31. The van der Waals surface area contributed by atoms with Gasteiger partial charge in [0.2, 0.25) is 10.0 Å². The molecule has 0 radical (unpaired) electrons. The van der Waals surface area contributed by atoms with E-state index in [-0.39, 0.29) is 22.9 Å². The highest BCUT2D eigenvalue weighted by atomic mass is 32.2. The first-order valence-corrected chi connectivity index (χ1v) is 11.2. The SMILES string of the molecule is Cc1cc(S(=O)(=O)N2CCC(NC(=O)c3ccncc3)CC2)ccc1OC(C)C. The summed E-state index contributed by atoms with van der Waals surface area (Å²) in [5.41, 5.74) is 1.34. The summed E-state index contributed by atoms with van der Waals surface area (Å²) in [7, 11) is -3.58. The molecule has 2 aromatic rings. The van der Waals surface area contributed by atoms with E-state index in [1.54, 1.807) is 42.7 Å². The molecule has 0 unspecified atom stereocenters. The van der Waals surface area contributed by atoms with Gasteiger partial charge in [-0.3, -0.25) is 9.78 Å². The molecule has 0 aliphatic carbocycles. The Hall–Kier alpha value is -2.45. The fraction of sp³-hybridized carbons (Fsp3) is 0.429. The van der Waals surface area contributed by atoms with Crippen molar-refractivity contribution >= 4 is 15.9 Å². The zero-order valence-electron chi connectivity index (χ0n) is 17.0. The van der Waals surface area contributed by atoms with E-state index >= 15 is 0 Å². The molecule has 1 aliphatic heterocycles. The number of piperidine rings is 1. The number of nitrogens with one attached hydrogen (secondary N) is 1. The van der Waals surface area contributed by atoms with Crippen LogP contribution in [0.15, 0.2) is 47.6 Å². The van der Waals surface area contributed by atoms with Gasteiger partial charge in [0.05, 0.1) is 11.0 Å². The molecule has 2 heterocycles. The maximum Gasteiger partial charge on any atom is 0.251 e. The number of rotatable bonds is 6. The van der Waals surface area contributed by atoms with Crippen LogP contribution in [0.25, 0.3) is 0 Å². The predicted molar refractivity (Wildman–Crippen MR) is 110 cm³/mol. The summed E-state index contributed by atoms with van der Waals surface area (Å²) < 4.78 is 33.2. The van der Waals surface area contributed by atoms with E-state index < -0.39 is 10.0 Å². The van der Waals surface area contributed by atoms with E-state index in [0.29, 0.717) is 37.2 Å². The van der Waals surface area contributed by atoms with Gasteiger partial charge in [-0.25, -0.2) is 8.42 Å². The van der Waals surface area contributed by atoms with Crippen LogP contribution in [0, 0.1) is 6.92 Å². The molecule has 0 bridgehead atoms. The normalized spacial score (nSPS) is 16.0. The first-order valence-electron chi connectivity index (χ1n) is 9.75. The third-order valence-electron chi connectivity index (χ3n) is 4.88. The van der Waals surface area contributed by atoms with E-state index in [0.717, 1.165) is 5.56 Å². The second-order valence-electron chi connectivity index (χ2n) is 7.48. The van der Waals surface area contributed by atoms with Gasteiger partial charge in [-0.05, 0) is 69.5 Å². The van der Waals surface area contributed by atoms with Crippen molar-refractivity contribution in [3.05, 3.63) is 53.9 Å². The average molecular weight is 418 g/mol. The lowest BCUT2D eigenvalue weighted by Crippen LogP contribution is -2.46. The third kappa shape index (κ3) is 5.13. The van der Waals surface area contributed by atoms with E-state index in [2.05, 4.69) is 10.3 Å². The monoisotopic (exact) mass is 417 g/mol. The van der Waals surface area contributed by atoms with Crippen molar-refractivity contribution < 1.29 is 17.9 Å². The molecular formula is C21H27N3O4S. The molecule has 1 fully saturated rings. The molecule has 1 aliphatic rings. The average Bonchev–Trinajstić information content (AvgIpc) is 2.70. The predicted octanol–water partition coefficient (Wildman–Crippen LogP) is 2.76. The number of carbonyl (C=O) groups excluding carboxylic acids is 1. The largest absolute Gasteiger partial charge is 0.491 e. The van der Waals surface area contributed by atoms with Gasteiger partial charge in [0.15, 0.2) is 0 Å². The van der Waals surface area contributed by atoms with Crippen LogP contribution in [0.2, 0.25) is 0 Å². The molecule has 0 atom stereocenters. The highest BCUT2D eigenvalue weighted by molar-refractivity contribution is 7.89. The maximum absolute atomic E-state index is 13.0. The van der Waals surface area contributed by atoms with Gasteiger partial charge in [-0.1, -0.05) is 0 Å². The topological polar surface area (TPSA) is 88.6 Å². The Morgan fingerprint density at radius 3 is 2.41 bits per heavy atom. The highest BCUT2D eigenvalue weighted by Crippen LogP contribution is 2.26. The quantitative estimate of drug-likeness (QED) is 0.781. The minimum atomic E-state index is -3.58. The van der Waals surface area contributed by atoms with Gasteiger partial charge in [0, 0.05) is 37.1 Å². The summed E-state index contributed by atoms with van der Waals surface area (Å²) in [6, 6.07) is 8.23. The third-order valence-corrected chi connectivity index (χ3v) is 6.77. The minimum absolute atomic E-state index is 0.0255. The van der Waals surface area contributed by atoms with Crippen LogP contribution in [-0.4, -0.2) is 48.8 Å². The van der Waals surface area contributed by atoms with Crippen LogP contribution in [0.3, 0.4) is 0 Å². The Morgan fingerprint density at radius 1 is 1.17 bits per heavy atom. The van der Waals surface area contributed by atoms with Crippen molar-refractivity contribution in [1.29, 1.82) is 0 Å². The number of amides is 1. The Morgan fingerprint density at radius 2 is 1.83 bits per heavy atom. The van der Waals surface area contributed by atoms with Crippen molar-refractivity contribution in [3.63, 3.8) is 0 Å². The van der Waals surface area contributed by atoms with Crippen LogP contribution in [0.1, 0.15) is 42.6 Å². The number of pyridine rings is 1. The molecule has 7 nitrogen and oxygen atoms in total. The molecule has 1 saturated heterocycles. The van der Waals surface area contributed by atoms with Gasteiger partial charge in [0.25, 0.3) is 5.91 Å². The van der Waals surface area contributed by atoms with Gasteiger partial charge >= 0.3 is 0 Å². The number of hydrogen-bond donors (Lipinski definition) is 1. The van der Waals surface area contributed by atoms with E-state index in [1.807, 2.05) is 20.8 Å². The Kier molecular flexibility index (Phi) is 6.54. The first-order chi connectivity index (χ1) is 13.8. The van der Waals surface area contributed by atoms with Crippen LogP contribution >= 0.6 is 0 Å². The van der Waals surface area contributed by atoms with Gasteiger partial charge < -0.3 is 10.1 Å². The molecule has 29 heavy (non-hydrogen) atoms. The van der Waals surface area contributed by atoms with E-state index in [9.17, 15) is 13.2 Å². The molecule has 3 rings (SSSR count). The standard InChI is InChI=1S/C21H27N3O4S/c1-15(2)28-20-5-4-19(14-16(20)3)29(26,27)24-12-8-18(9-13-24)23-21(25)17-6-10-22-11-7-17/h4-7,10-11,14-15,18H,8-9,12-13H2,1-3H3,(H,23,25). The number of aromatic nitrogens is 1. The first kappa shape index (κ1) is 21.3. The minimum Gasteiger partial charge on any atom is -0.491 e. The number of aryl methyl sites for hydroxylation is 1. The summed E-state index contributed by atoms with van der Waals surface area (Å²) in [5, 5.41) is 2.98. The van der Waals surface area contributed by atoms with Crippen LogP contribution in [0.4, 0.5) is 0 Å². The zero-order valence-corrected chi connectivity index (χ0v) is 17.8. The maximum atomic E-state index is 13.0. The van der Waals surface area contributed by atoms with E-state index in [1.165, 1.54) is 4.31 Å². The van der Waals surface area contributed by atoms with Crippen LogP contribution in [0.5, 0.6) is 5.75 Å². The lowest BCUT2D eigenvalue weighted by atomic mass is 10.1. The lowest BCUT2D eigenvalue weighted by molar-refractivity contribution is 0.0923. The van der Waals surface area contributed by atoms with Crippen LogP contribution < -0.4 is 10.1 Å². The van der Waals surface area contributed by atoms with Crippen LogP contribution in [-0.2, 0) is 10.0 Å². The summed E-state index contributed by atoms with van der Waals surface area (Å²) in [4.78, 5) is 16.4. The molecule has 1 N–H and O–H groups in total. The molecule has 1 amide bonds. The fourth-order valence-electron chi connectivity index (χ4n) is 3.33. The fourth-order valence-corrected chi connectivity index (χ4v) is 4.89. The molecule has 0 saturated carbocycles. The summed E-state index contributed by atoms with van der Waals surface area (Å²) in [5.74, 6) is 0.529. The molecule has 8 heteroatoms. The number of hydrogen-bond acceptors (Lipinski definition) is 5. The highest BCUT2D eigenvalue weighted by Gasteiger charge is 2.30. The van der Waals surface area contributed by atoms with Gasteiger partial charge in [-0.15, -0.1) is 0 Å². The molecule has 0 spiro atoms. The summed E-state index contributed by atoms with van der Waals surface area (Å²) in [6.45, 7) is 6.45. The Bertz CT molecular complexity index is 953. The van der Waals surface area contributed by atoms with Crippen molar-refractivity contribution in [2.75, 3.05) is 13.1 Å². The second-order valence-corrected chi connectivity index (χ2v) is 9.42. The smallest absolute Gasteiger partial charge is 0.251 e. The molecule has 156 valence electrons. The van der Waals surface area contributed by atoms with Crippen molar-refractivity contribution in [3.8, 4) is 5.75 Å². The van der Waals surface area contributed by atoms with Crippen molar-refractivity contribution in [2.24, 2.45) is 0 Å². The molecule has 1 aromatic carbocycles. The molecular weight excluding hydrogens is 390 g/mol. The second kappa shape index (κ2) is 8.92. The number of carbonyl (C=O) groups is 1. The zero-order chi connectivity index (χ0) is 21.0. The van der Waals surface area contributed by atoms with Crippen molar-refractivity contribution in [1.82, 2.24) is 14.6 Å². The Balaban J connectivity index is 1.62. The molecule has 1 aromatic heterocycles. The number of nitrogens with zero attached hydrogens (tertiary/aromatic N) is 2. The summed E-state index contributed by atoms with van der Waals surface area (Å²) >= 11 is 0.